The highest BCUT2D eigenvalue weighted by atomic mass is 16.6. The van der Waals surface area contributed by atoms with Gasteiger partial charge >= 0.3 is 5.97 Å². The minimum Gasteiger partial charge on any atom is -0.480 e. The van der Waals surface area contributed by atoms with Gasteiger partial charge in [-0.2, -0.15) is 0 Å². The van der Waals surface area contributed by atoms with Crippen molar-refractivity contribution in [2.45, 2.75) is 26.7 Å². The summed E-state index contributed by atoms with van der Waals surface area (Å²) in [5.41, 5.74) is 6.27. The third-order valence-electron chi connectivity index (χ3n) is 5.95. The molecule has 4 rings (SSSR count). The lowest BCUT2D eigenvalue weighted by Gasteiger charge is -2.12. The van der Waals surface area contributed by atoms with Crippen molar-refractivity contribution in [3.05, 3.63) is 89.7 Å². The summed E-state index contributed by atoms with van der Waals surface area (Å²) >= 11 is 0. The van der Waals surface area contributed by atoms with Crippen molar-refractivity contribution in [1.29, 1.82) is 0 Å². The Kier molecular flexibility index (Phi) is 7.80. The second-order valence-electron chi connectivity index (χ2n) is 8.15. The number of anilines is 1. The molecule has 7 heteroatoms. The summed E-state index contributed by atoms with van der Waals surface area (Å²) < 4.78 is 12.8. The molecule has 0 spiro atoms. The number of pyridine rings is 1. The van der Waals surface area contributed by atoms with Crippen LogP contribution in [0.5, 0.6) is 5.75 Å². The molecule has 184 valence electrons. The van der Waals surface area contributed by atoms with E-state index in [-0.39, 0.29) is 19.5 Å². The number of aldehydes is 1. The lowest BCUT2D eigenvalue weighted by atomic mass is 9.95. The van der Waals surface area contributed by atoms with Crippen LogP contribution in [0.1, 0.15) is 30.7 Å². The maximum Gasteiger partial charge on any atom is 0.344 e. The third-order valence-corrected chi connectivity index (χ3v) is 5.95. The van der Waals surface area contributed by atoms with E-state index in [1.807, 2.05) is 53.9 Å². The number of amides is 1. The Morgan fingerprint density at radius 1 is 0.972 bits per heavy atom. The van der Waals surface area contributed by atoms with Crippen LogP contribution in [0.4, 0.5) is 5.69 Å². The molecule has 2 aromatic carbocycles. The molecule has 2 heterocycles. The molecule has 36 heavy (non-hydrogen) atoms. The molecule has 1 amide bonds. The van der Waals surface area contributed by atoms with Gasteiger partial charge in [0.05, 0.1) is 12.3 Å². The topological polar surface area (TPSA) is 86.1 Å². The van der Waals surface area contributed by atoms with Crippen molar-refractivity contribution < 1.29 is 23.9 Å². The number of nitrogens with zero attached hydrogens (tertiary/aromatic N) is 1. The molecule has 7 nitrogen and oxygen atoms in total. The Balaban J connectivity index is 1.85. The van der Waals surface area contributed by atoms with Crippen molar-refractivity contribution >= 4 is 29.4 Å². The molecule has 0 saturated carbocycles. The molecule has 2 aromatic heterocycles. The largest absolute Gasteiger partial charge is 0.480 e. The normalized spacial score (nSPS) is 10.7. The lowest BCUT2D eigenvalue weighted by molar-refractivity contribution is -0.145. The van der Waals surface area contributed by atoms with Crippen LogP contribution in [0.3, 0.4) is 0 Å². The van der Waals surface area contributed by atoms with Gasteiger partial charge in [0.1, 0.15) is 11.3 Å². The number of benzene rings is 2. The monoisotopic (exact) mass is 484 g/mol. The summed E-state index contributed by atoms with van der Waals surface area (Å²) in [5.74, 6) is -0.838. The van der Waals surface area contributed by atoms with Crippen LogP contribution in [0.15, 0.2) is 72.9 Å². The summed E-state index contributed by atoms with van der Waals surface area (Å²) in [4.78, 5) is 35.3. The van der Waals surface area contributed by atoms with E-state index >= 15 is 0 Å². The molecule has 0 aliphatic rings. The maximum absolute atomic E-state index is 12.2. The average Bonchev–Trinajstić information content (AvgIpc) is 3.20. The van der Waals surface area contributed by atoms with Gasteiger partial charge in [-0.3, -0.25) is 9.59 Å². The first-order chi connectivity index (χ1) is 17.6. The zero-order valence-corrected chi connectivity index (χ0v) is 20.3. The van der Waals surface area contributed by atoms with Crippen LogP contribution in [-0.4, -0.2) is 35.8 Å². The molecule has 0 radical (unpaired) electrons. The van der Waals surface area contributed by atoms with Crippen molar-refractivity contribution in [2.75, 3.05) is 18.5 Å². The highest BCUT2D eigenvalue weighted by Crippen LogP contribution is 2.37. The maximum atomic E-state index is 12.2. The SMILES string of the molecule is CCOC(=O)COc1cccn2c(Cc3ccccc3-c3ccccc3)c(CC)c(NC(=O)C=O)c12. The predicted octanol–water partition coefficient (Wildman–Crippen LogP) is 4.84. The molecule has 0 unspecified atom stereocenters. The van der Waals surface area contributed by atoms with Crippen LogP contribution in [0.2, 0.25) is 0 Å². The first kappa shape index (κ1) is 24.7. The fourth-order valence-electron chi connectivity index (χ4n) is 4.46. The summed E-state index contributed by atoms with van der Waals surface area (Å²) in [6, 6.07) is 21.9. The molecule has 0 atom stereocenters. The molecular weight excluding hydrogens is 456 g/mol. The summed E-state index contributed by atoms with van der Waals surface area (Å²) in [5, 5.41) is 2.74. The molecule has 0 bridgehead atoms. The molecule has 0 aliphatic heterocycles. The number of nitrogens with one attached hydrogen (secondary N) is 1. The minimum absolute atomic E-state index is 0.245. The van der Waals surface area contributed by atoms with E-state index in [9.17, 15) is 14.4 Å². The molecule has 0 aliphatic carbocycles. The number of aromatic nitrogens is 1. The van der Waals surface area contributed by atoms with Gasteiger partial charge < -0.3 is 19.2 Å². The van der Waals surface area contributed by atoms with E-state index in [1.54, 1.807) is 13.0 Å². The summed E-state index contributed by atoms with van der Waals surface area (Å²) in [6.07, 6.45) is 3.32. The molecule has 4 aromatic rings. The smallest absolute Gasteiger partial charge is 0.344 e. The molecule has 0 saturated heterocycles. The predicted molar refractivity (Wildman–Crippen MR) is 138 cm³/mol. The number of carbonyl (C=O) groups excluding carboxylic acids is 3. The van der Waals surface area contributed by atoms with Gasteiger partial charge in [0.15, 0.2) is 6.61 Å². The standard InChI is InChI=1S/C29H28N2O5/c1-3-22-24(17-21-13-8-9-14-23(21)20-11-6-5-7-12-20)31-16-10-15-25(36-19-27(34)35-4-2)29(31)28(22)30-26(33)18-32/h5-16,18H,3-4,17,19H2,1-2H3,(H,30,33). The fourth-order valence-corrected chi connectivity index (χ4v) is 4.46. The van der Waals surface area contributed by atoms with Gasteiger partial charge in [-0.25, -0.2) is 4.79 Å². The van der Waals surface area contributed by atoms with Gasteiger partial charge in [-0.05, 0) is 47.7 Å². The number of hydrogen-bond acceptors (Lipinski definition) is 5. The zero-order valence-electron chi connectivity index (χ0n) is 20.3. The number of hydrogen-bond donors (Lipinski definition) is 1. The second kappa shape index (κ2) is 11.4. The number of carbonyl (C=O) groups is 3. The summed E-state index contributed by atoms with van der Waals surface area (Å²) in [6.45, 7) is 3.71. The quantitative estimate of drug-likeness (QED) is 0.198. The highest BCUT2D eigenvalue weighted by Gasteiger charge is 2.23. The number of ether oxygens (including phenoxy) is 2. The number of fused-ring (bicyclic) bond motifs is 1. The lowest BCUT2D eigenvalue weighted by Crippen LogP contribution is -2.16. The van der Waals surface area contributed by atoms with E-state index in [0.717, 1.165) is 27.9 Å². The van der Waals surface area contributed by atoms with Crippen LogP contribution < -0.4 is 10.1 Å². The van der Waals surface area contributed by atoms with Crippen LogP contribution in [0.25, 0.3) is 16.6 Å². The van der Waals surface area contributed by atoms with Crippen LogP contribution in [0, 0.1) is 0 Å². The fraction of sp³-hybridized carbons (Fsp3) is 0.207. The zero-order chi connectivity index (χ0) is 25.5. The van der Waals surface area contributed by atoms with Crippen molar-refractivity contribution in [2.24, 2.45) is 0 Å². The first-order valence-corrected chi connectivity index (χ1v) is 11.9. The van der Waals surface area contributed by atoms with Crippen molar-refractivity contribution in [1.82, 2.24) is 4.40 Å². The van der Waals surface area contributed by atoms with Gasteiger partial charge in [0.25, 0.3) is 5.91 Å². The molecule has 0 fully saturated rings. The van der Waals surface area contributed by atoms with E-state index in [2.05, 4.69) is 29.6 Å². The van der Waals surface area contributed by atoms with E-state index in [1.165, 1.54) is 0 Å². The second-order valence-corrected chi connectivity index (χ2v) is 8.15. The van der Waals surface area contributed by atoms with E-state index < -0.39 is 11.9 Å². The van der Waals surface area contributed by atoms with Crippen LogP contribution >= 0.6 is 0 Å². The average molecular weight is 485 g/mol. The first-order valence-electron chi connectivity index (χ1n) is 11.9. The Morgan fingerprint density at radius 3 is 2.44 bits per heavy atom. The van der Waals surface area contributed by atoms with Crippen molar-refractivity contribution in [3.63, 3.8) is 0 Å². The van der Waals surface area contributed by atoms with Gasteiger partial charge in [-0.15, -0.1) is 0 Å². The van der Waals surface area contributed by atoms with E-state index in [4.69, 9.17) is 9.47 Å². The highest BCUT2D eigenvalue weighted by molar-refractivity contribution is 6.30. The van der Waals surface area contributed by atoms with Gasteiger partial charge in [0.2, 0.25) is 6.29 Å². The van der Waals surface area contributed by atoms with Gasteiger partial charge in [0, 0.05) is 18.3 Å². The van der Waals surface area contributed by atoms with Gasteiger partial charge in [-0.1, -0.05) is 61.5 Å². The summed E-state index contributed by atoms with van der Waals surface area (Å²) in [7, 11) is 0. The minimum atomic E-state index is -0.756. The third kappa shape index (κ3) is 5.15. The molecule has 1 N–H and O–H groups in total. The van der Waals surface area contributed by atoms with Crippen molar-refractivity contribution in [3.8, 4) is 16.9 Å². The Bertz CT molecular complexity index is 1390. The Morgan fingerprint density at radius 2 is 1.72 bits per heavy atom. The Hall–Kier alpha value is -4.39. The Labute approximate surface area is 209 Å². The molecular formula is C29H28N2O5. The number of rotatable bonds is 10. The van der Waals surface area contributed by atoms with E-state index in [0.29, 0.717) is 29.8 Å². The number of esters is 1. The van der Waals surface area contributed by atoms with Crippen LogP contribution in [-0.2, 0) is 32.0 Å².